The molecule has 2 aromatic carbocycles. The molecule has 1 N–H and O–H groups in total. The highest BCUT2D eigenvalue weighted by Crippen LogP contribution is 2.18. The number of piperazine rings is 1. The summed E-state index contributed by atoms with van der Waals surface area (Å²) in [6.45, 7) is 2.59. The van der Waals surface area contributed by atoms with Crippen molar-refractivity contribution in [2.45, 2.75) is 0 Å². The molecule has 0 radical (unpaired) electrons. The van der Waals surface area contributed by atoms with E-state index in [4.69, 9.17) is 5.26 Å². The van der Waals surface area contributed by atoms with E-state index in [2.05, 4.69) is 16.3 Å². The van der Waals surface area contributed by atoms with Crippen molar-refractivity contribution >= 4 is 17.4 Å². The molecule has 24 heavy (non-hydrogen) atoms. The fraction of sp³-hybridized carbons (Fsp3) is 0.222. The Morgan fingerprint density at radius 1 is 1.08 bits per heavy atom. The lowest BCUT2D eigenvalue weighted by Gasteiger charge is -2.36. The molecule has 0 atom stereocenters. The lowest BCUT2D eigenvalue weighted by Crippen LogP contribution is -2.50. The zero-order valence-corrected chi connectivity index (χ0v) is 13.1. The van der Waals surface area contributed by atoms with Crippen LogP contribution in [0, 0.1) is 17.1 Å². The van der Waals surface area contributed by atoms with Crippen LogP contribution in [-0.2, 0) is 0 Å². The van der Waals surface area contributed by atoms with Crippen molar-refractivity contribution in [3.8, 4) is 6.07 Å². The van der Waals surface area contributed by atoms with E-state index in [1.165, 1.54) is 12.1 Å². The van der Waals surface area contributed by atoms with Gasteiger partial charge in [0.05, 0.1) is 11.6 Å². The Bertz CT molecular complexity index is 761. The third kappa shape index (κ3) is 3.63. The van der Waals surface area contributed by atoms with Crippen LogP contribution >= 0.6 is 0 Å². The van der Waals surface area contributed by atoms with E-state index in [0.29, 0.717) is 37.4 Å². The smallest absolute Gasteiger partial charge is 0.321 e. The van der Waals surface area contributed by atoms with Gasteiger partial charge in [-0.15, -0.1) is 0 Å². The molecule has 6 heteroatoms. The summed E-state index contributed by atoms with van der Waals surface area (Å²) in [5.74, 6) is -0.376. The van der Waals surface area contributed by atoms with E-state index in [0.717, 1.165) is 5.69 Å². The molecule has 1 aliphatic rings. The van der Waals surface area contributed by atoms with Gasteiger partial charge in [0, 0.05) is 37.6 Å². The highest BCUT2D eigenvalue weighted by Gasteiger charge is 2.21. The molecule has 122 valence electrons. The normalized spacial score (nSPS) is 14.2. The molecule has 3 rings (SSSR count). The maximum Gasteiger partial charge on any atom is 0.321 e. The molecule has 1 saturated heterocycles. The first-order chi connectivity index (χ1) is 11.7. The number of rotatable bonds is 2. The van der Waals surface area contributed by atoms with Gasteiger partial charge in [-0.25, -0.2) is 9.18 Å². The largest absolute Gasteiger partial charge is 0.368 e. The highest BCUT2D eigenvalue weighted by atomic mass is 19.1. The topological polar surface area (TPSA) is 59.4 Å². The number of hydrogen-bond acceptors (Lipinski definition) is 3. The minimum Gasteiger partial charge on any atom is -0.368 e. The Hall–Kier alpha value is -3.07. The number of nitrogens with zero attached hydrogens (tertiary/aromatic N) is 3. The van der Waals surface area contributed by atoms with Crippen molar-refractivity contribution in [1.82, 2.24) is 4.90 Å². The molecule has 2 amide bonds. The van der Waals surface area contributed by atoms with Gasteiger partial charge in [0.2, 0.25) is 0 Å². The number of amides is 2. The van der Waals surface area contributed by atoms with Gasteiger partial charge >= 0.3 is 6.03 Å². The Morgan fingerprint density at radius 2 is 1.79 bits per heavy atom. The van der Waals surface area contributed by atoms with E-state index in [9.17, 15) is 9.18 Å². The Morgan fingerprint density at radius 3 is 2.42 bits per heavy atom. The number of urea groups is 1. The molecule has 0 saturated carbocycles. The summed E-state index contributed by atoms with van der Waals surface area (Å²) in [6.07, 6.45) is 0. The van der Waals surface area contributed by atoms with E-state index in [-0.39, 0.29) is 11.8 Å². The number of hydrogen-bond donors (Lipinski definition) is 1. The number of nitrogens with one attached hydrogen (secondary N) is 1. The molecule has 0 aromatic heterocycles. The molecule has 0 spiro atoms. The van der Waals surface area contributed by atoms with Gasteiger partial charge in [-0.1, -0.05) is 6.07 Å². The lowest BCUT2D eigenvalue weighted by molar-refractivity contribution is 0.208. The molecule has 2 aromatic rings. The van der Waals surface area contributed by atoms with Crippen LogP contribution in [0.2, 0.25) is 0 Å². The van der Waals surface area contributed by atoms with Crippen LogP contribution < -0.4 is 10.2 Å². The number of carbonyl (C=O) groups excluding carboxylic acids is 1. The fourth-order valence-electron chi connectivity index (χ4n) is 2.68. The lowest BCUT2D eigenvalue weighted by atomic mass is 10.2. The quantitative estimate of drug-likeness (QED) is 0.923. The zero-order valence-electron chi connectivity index (χ0n) is 13.1. The van der Waals surface area contributed by atoms with Crippen molar-refractivity contribution < 1.29 is 9.18 Å². The van der Waals surface area contributed by atoms with Gasteiger partial charge < -0.3 is 15.1 Å². The first-order valence-electron chi connectivity index (χ1n) is 7.72. The Kier molecular flexibility index (Phi) is 4.62. The number of anilines is 2. The van der Waals surface area contributed by atoms with Gasteiger partial charge in [-0.05, 0) is 42.5 Å². The molecule has 1 heterocycles. The summed E-state index contributed by atoms with van der Waals surface area (Å²) < 4.78 is 13.2. The van der Waals surface area contributed by atoms with E-state index in [1.54, 1.807) is 29.2 Å². The van der Waals surface area contributed by atoms with Gasteiger partial charge in [0.15, 0.2) is 0 Å². The molecule has 0 unspecified atom stereocenters. The first-order valence-corrected chi connectivity index (χ1v) is 7.72. The zero-order chi connectivity index (χ0) is 16.9. The molecule has 0 aliphatic carbocycles. The Labute approximate surface area is 139 Å². The van der Waals surface area contributed by atoms with Crippen molar-refractivity contribution in [3.05, 3.63) is 59.9 Å². The third-order valence-corrected chi connectivity index (χ3v) is 4.00. The second-order valence-electron chi connectivity index (χ2n) is 5.57. The second kappa shape index (κ2) is 7.01. The Balaban J connectivity index is 1.56. The van der Waals surface area contributed by atoms with Crippen molar-refractivity contribution in [2.24, 2.45) is 0 Å². The van der Waals surface area contributed by atoms with E-state index < -0.39 is 0 Å². The molecule has 1 aliphatic heterocycles. The summed E-state index contributed by atoms with van der Waals surface area (Å²) >= 11 is 0. The van der Waals surface area contributed by atoms with Crippen molar-refractivity contribution in [3.63, 3.8) is 0 Å². The fourth-order valence-corrected chi connectivity index (χ4v) is 2.68. The number of benzene rings is 2. The summed E-state index contributed by atoms with van der Waals surface area (Å²) in [5, 5.41) is 11.5. The van der Waals surface area contributed by atoms with Crippen LogP contribution in [0.5, 0.6) is 0 Å². The van der Waals surface area contributed by atoms with Crippen LogP contribution in [0.15, 0.2) is 48.5 Å². The van der Waals surface area contributed by atoms with Crippen molar-refractivity contribution in [1.29, 1.82) is 5.26 Å². The predicted molar refractivity (Wildman–Crippen MR) is 90.4 cm³/mol. The van der Waals surface area contributed by atoms with Crippen LogP contribution in [0.1, 0.15) is 5.56 Å². The van der Waals surface area contributed by atoms with Crippen LogP contribution in [0.25, 0.3) is 0 Å². The first kappa shape index (κ1) is 15.8. The van der Waals surface area contributed by atoms with Gasteiger partial charge in [-0.3, -0.25) is 0 Å². The highest BCUT2D eigenvalue weighted by molar-refractivity contribution is 5.89. The maximum atomic E-state index is 13.2. The van der Waals surface area contributed by atoms with Crippen LogP contribution in [0.4, 0.5) is 20.6 Å². The molecular formula is C18H17FN4O. The average Bonchev–Trinajstić information content (AvgIpc) is 2.62. The van der Waals surface area contributed by atoms with Gasteiger partial charge in [0.25, 0.3) is 0 Å². The van der Waals surface area contributed by atoms with Crippen LogP contribution in [-0.4, -0.2) is 37.1 Å². The average molecular weight is 324 g/mol. The third-order valence-electron chi connectivity index (χ3n) is 4.00. The molecule has 0 bridgehead atoms. The minimum absolute atomic E-state index is 0.222. The summed E-state index contributed by atoms with van der Waals surface area (Å²) in [4.78, 5) is 16.1. The van der Waals surface area contributed by atoms with Gasteiger partial charge in [-0.2, -0.15) is 5.26 Å². The molecule has 1 fully saturated rings. The summed E-state index contributed by atoms with van der Waals surface area (Å²) in [7, 11) is 0. The number of carbonyl (C=O) groups is 1. The van der Waals surface area contributed by atoms with E-state index in [1.807, 2.05) is 12.1 Å². The summed E-state index contributed by atoms with van der Waals surface area (Å²) in [6, 6.07) is 15.2. The number of nitriles is 1. The second-order valence-corrected chi connectivity index (χ2v) is 5.57. The monoisotopic (exact) mass is 324 g/mol. The molecule has 5 nitrogen and oxygen atoms in total. The van der Waals surface area contributed by atoms with Crippen molar-refractivity contribution in [2.75, 3.05) is 36.4 Å². The van der Waals surface area contributed by atoms with Gasteiger partial charge in [0.1, 0.15) is 5.82 Å². The molecular weight excluding hydrogens is 307 g/mol. The predicted octanol–water partition coefficient (Wildman–Crippen LogP) is 3.05. The SMILES string of the molecule is N#Cc1ccc(N2CCN(C(=O)Nc3cccc(F)c3)CC2)cc1. The maximum absolute atomic E-state index is 13.2. The summed E-state index contributed by atoms with van der Waals surface area (Å²) in [5.41, 5.74) is 2.13. The van der Waals surface area contributed by atoms with Crippen LogP contribution in [0.3, 0.4) is 0 Å². The minimum atomic E-state index is -0.376. The number of halogens is 1. The van der Waals surface area contributed by atoms with E-state index >= 15 is 0 Å². The standard InChI is InChI=1S/C18H17FN4O/c19-15-2-1-3-16(12-15)21-18(24)23-10-8-22(9-11-23)17-6-4-14(13-20)5-7-17/h1-7,12H,8-11H2,(H,21,24).